The normalized spacial score (nSPS) is 36.7. The maximum Gasteiger partial charge on any atom is 0.190 e. The van der Waals surface area contributed by atoms with Gasteiger partial charge in [-0.05, 0) is 45.4 Å². The van der Waals surface area contributed by atoms with E-state index in [1.165, 1.54) is 0 Å². The first-order valence-electron chi connectivity index (χ1n) is 9.34. The predicted octanol–water partition coefficient (Wildman–Crippen LogP) is 2.61. The quantitative estimate of drug-likeness (QED) is 0.778. The number of ether oxygens (including phenoxy) is 7. The second-order valence-corrected chi connectivity index (χ2v) is 8.06. The molecule has 0 saturated carbocycles. The summed E-state index contributed by atoms with van der Waals surface area (Å²) in [4.78, 5) is 0. The van der Waals surface area contributed by atoms with Gasteiger partial charge in [0.25, 0.3) is 0 Å². The van der Waals surface area contributed by atoms with E-state index in [9.17, 15) is 0 Å². The molecular weight excluding hydrogens is 352 g/mol. The molecule has 3 aliphatic heterocycles. The minimum Gasteiger partial charge on any atom is -0.497 e. The molecule has 0 aliphatic carbocycles. The predicted molar refractivity (Wildman–Crippen MR) is 95.2 cm³/mol. The minimum absolute atomic E-state index is 0.234. The van der Waals surface area contributed by atoms with Crippen molar-refractivity contribution in [3.8, 4) is 5.75 Å². The monoisotopic (exact) mass is 380 g/mol. The smallest absolute Gasteiger partial charge is 0.190 e. The van der Waals surface area contributed by atoms with Crippen LogP contribution in [-0.2, 0) is 35.0 Å². The van der Waals surface area contributed by atoms with E-state index in [1.54, 1.807) is 7.11 Å². The Morgan fingerprint density at radius 1 is 0.963 bits per heavy atom. The second kappa shape index (κ2) is 6.99. The molecule has 7 nitrogen and oxygen atoms in total. The van der Waals surface area contributed by atoms with E-state index in [4.69, 9.17) is 33.2 Å². The highest BCUT2D eigenvalue weighted by Gasteiger charge is 2.58. The molecule has 0 radical (unpaired) electrons. The van der Waals surface area contributed by atoms with Gasteiger partial charge in [-0.2, -0.15) is 0 Å². The Balaban J connectivity index is 1.48. The van der Waals surface area contributed by atoms with Crippen LogP contribution in [0.5, 0.6) is 5.75 Å². The number of benzene rings is 1. The van der Waals surface area contributed by atoms with Crippen LogP contribution in [0.3, 0.4) is 0 Å². The highest BCUT2D eigenvalue weighted by Crippen LogP contribution is 2.42. The van der Waals surface area contributed by atoms with Gasteiger partial charge in [-0.15, -0.1) is 0 Å². The molecule has 0 unspecified atom stereocenters. The summed E-state index contributed by atoms with van der Waals surface area (Å²) in [5, 5.41) is 0. The summed E-state index contributed by atoms with van der Waals surface area (Å²) in [6.07, 6.45) is -1.66. The van der Waals surface area contributed by atoms with Gasteiger partial charge in [-0.3, -0.25) is 0 Å². The summed E-state index contributed by atoms with van der Waals surface area (Å²) in [6.45, 7) is 8.42. The fourth-order valence-corrected chi connectivity index (χ4v) is 3.78. The highest BCUT2D eigenvalue weighted by molar-refractivity contribution is 5.26. The third-order valence-corrected chi connectivity index (χ3v) is 5.03. The lowest BCUT2D eigenvalue weighted by atomic mass is 10.1. The topological polar surface area (TPSA) is 64.6 Å². The Bertz CT molecular complexity index is 657. The molecule has 150 valence electrons. The number of hydrogen-bond donors (Lipinski definition) is 0. The molecule has 0 aromatic heterocycles. The van der Waals surface area contributed by atoms with Crippen molar-refractivity contribution in [1.82, 2.24) is 0 Å². The largest absolute Gasteiger partial charge is 0.497 e. The molecule has 0 spiro atoms. The van der Waals surface area contributed by atoms with E-state index >= 15 is 0 Å². The average molecular weight is 380 g/mol. The maximum absolute atomic E-state index is 6.26. The van der Waals surface area contributed by atoms with Crippen molar-refractivity contribution in [2.45, 2.75) is 76.6 Å². The third kappa shape index (κ3) is 3.99. The number of hydrogen-bond acceptors (Lipinski definition) is 7. The van der Waals surface area contributed by atoms with Crippen LogP contribution >= 0.6 is 0 Å². The van der Waals surface area contributed by atoms with Crippen LogP contribution in [-0.4, -0.2) is 56.0 Å². The SMILES string of the molecule is COc1ccc(CO[C@@H]2[C@@H]3OC(C)(C)O[C@H]3O[C@H]2[C@@H]2COC(C)(C)O2)cc1. The van der Waals surface area contributed by atoms with Crippen molar-refractivity contribution < 1.29 is 33.2 Å². The molecule has 0 N–H and O–H groups in total. The molecule has 3 fully saturated rings. The summed E-state index contributed by atoms with van der Waals surface area (Å²) in [5.41, 5.74) is 1.04. The molecule has 3 saturated heterocycles. The highest BCUT2D eigenvalue weighted by atomic mass is 16.8. The van der Waals surface area contributed by atoms with E-state index in [2.05, 4.69) is 0 Å². The van der Waals surface area contributed by atoms with Gasteiger partial charge in [0, 0.05) is 0 Å². The van der Waals surface area contributed by atoms with Crippen molar-refractivity contribution in [3.05, 3.63) is 29.8 Å². The van der Waals surface area contributed by atoms with E-state index < -0.39 is 17.9 Å². The average Bonchev–Trinajstić information content (AvgIpc) is 3.22. The van der Waals surface area contributed by atoms with E-state index in [-0.39, 0.29) is 24.4 Å². The third-order valence-electron chi connectivity index (χ3n) is 5.03. The molecule has 1 aromatic carbocycles. The van der Waals surface area contributed by atoms with Gasteiger partial charge in [0.2, 0.25) is 0 Å². The Morgan fingerprint density at radius 2 is 1.70 bits per heavy atom. The Morgan fingerprint density at radius 3 is 2.33 bits per heavy atom. The van der Waals surface area contributed by atoms with Crippen molar-refractivity contribution in [2.75, 3.05) is 13.7 Å². The van der Waals surface area contributed by atoms with Crippen molar-refractivity contribution >= 4 is 0 Å². The molecule has 0 bridgehead atoms. The van der Waals surface area contributed by atoms with Crippen LogP contribution in [0, 0.1) is 0 Å². The fraction of sp³-hybridized carbons (Fsp3) is 0.700. The van der Waals surface area contributed by atoms with Gasteiger partial charge >= 0.3 is 0 Å². The van der Waals surface area contributed by atoms with Gasteiger partial charge in [-0.25, -0.2) is 0 Å². The Kier molecular flexibility index (Phi) is 4.95. The van der Waals surface area contributed by atoms with Crippen LogP contribution in [0.1, 0.15) is 33.3 Å². The molecule has 7 heteroatoms. The van der Waals surface area contributed by atoms with Crippen molar-refractivity contribution in [1.29, 1.82) is 0 Å². The number of fused-ring (bicyclic) bond motifs is 1. The van der Waals surface area contributed by atoms with Gasteiger partial charge in [0.05, 0.1) is 20.3 Å². The van der Waals surface area contributed by atoms with Gasteiger partial charge < -0.3 is 33.2 Å². The molecule has 1 aromatic rings. The Hall–Kier alpha value is -1.22. The zero-order valence-electron chi connectivity index (χ0n) is 16.5. The first-order valence-corrected chi connectivity index (χ1v) is 9.34. The van der Waals surface area contributed by atoms with Crippen LogP contribution in [0.15, 0.2) is 24.3 Å². The van der Waals surface area contributed by atoms with Crippen LogP contribution < -0.4 is 4.74 Å². The van der Waals surface area contributed by atoms with E-state index in [1.807, 2.05) is 52.0 Å². The molecular formula is C20H28O7. The summed E-state index contributed by atoms with van der Waals surface area (Å²) < 4.78 is 41.3. The standard InChI is InChI=1S/C20H28O7/c1-19(2)23-11-14(25-19)15-16(17-18(24-15)27-20(3,4)26-17)22-10-12-6-8-13(21-5)9-7-12/h6-9,14-18H,10-11H2,1-5H3/t14-,15-,16-,17-,18+/m0/s1. The number of methoxy groups -OCH3 is 1. The first-order chi connectivity index (χ1) is 12.8. The van der Waals surface area contributed by atoms with E-state index in [0.717, 1.165) is 11.3 Å². The summed E-state index contributed by atoms with van der Waals surface area (Å²) in [5.74, 6) is -0.518. The van der Waals surface area contributed by atoms with Crippen molar-refractivity contribution in [3.63, 3.8) is 0 Å². The molecule has 27 heavy (non-hydrogen) atoms. The second-order valence-electron chi connectivity index (χ2n) is 8.06. The molecule has 3 heterocycles. The molecule has 5 atom stereocenters. The summed E-state index contributed by atoms with van der Waals surface area (Å²) in [7, 11) is 1.65. The summed E-state index contributed by atoms with van der Waals surface area (Å²) >= 11 is 0. The van der Waals surface area contributed by atoms with Gasteiger partial charge in [0.15, 0.2) is 17.9 Å². The van der Waals surface area contributed by atoms with Gasteiger partial charge in [0.1, 0.15) is 30.2 Å². The molecule has 3 aliphatic rings. The first kappa shape index (κ1) is 19.1. The van der Waals surface area contributed by atoms with Crippen LogP contribution in [0.2, 0.25) is 0 Å². The van der Waals surface area contributed by atoms with Crippen molar-refractivity contribution in [2.24, 2.45) is 0 Å². The van der Waals surface area contributed by atoms with E-state index in [0.29, 0.717) is 13.2 Å². The van der Waals surface area contributed by atoms with Crippen LogP contribution in [0.25, 0.3) is 0 Å². The minimum atomic E-state index is -0.700. The van der Waals surface area contributed by atoms with Crippen LogP contribution in [0.4, 0.5) is 0 Å². The summed E-state index contributed by atoms with van der Waals surface area (Å²) in [6, 6.07) is 7.79. The number of rotatable bonds is 5. The zero-order chi connectivity index (χ0) is 19.2. The lowest BCUT2D eigenvalue weighted by molar-refractivity contribution is -0.236. The molecule has 0 amide bonds. The zero-order valence-corrected chi connectivity index (χ0v) is 16.5. The molecule has 4 rings (SSSR count). The maximum atomic E-state index is 6.26. The van der Waals surface area contributed by atoms with Gasteiger partial charge in [-0.1, -0.05) is 12.1 Å². The fourth-order valence-electron chi connectivity index (χ4n) is 3.78. The lowest BCUT2D eigenvalue weighted by Crippen LogP contribution is -2.44. The lowest BCUT2D eigenvalue weighted by Gasteiger charge is -2.29. The Labute approximate surface area is 159 Å².